The highest BCUT2D eigenvalue weighted by Gasteiger charge is 1.96. The van der Waals surface area contributed by atoms with Crippen LogP contribution >= 0.6 is 11.6 Å². The van der Waals surface area contributed by atoms with E-state index in [0.717, 1.165) is 0 Å². The molecule has 0 saturated heterocycles. The Kier molecular flexibility index (Phi) is 3.62. The quantitative estimate of drug-likeness (QED) is 0.251. The van der Waals surface area contributed by atoms with Crippen LogP contribution in [0.1, 0.15) is 5.56 Å². The first-order valence-electron chi connectivity index (χ1n) is 3.65. The first kappa shape index (κ1) is 10.2. The molecule has 6 heteroatoms. The minimum atomic E-state index is 0.124. The van der Waals surface area contributed by atoms with Gasteiger partial charge in [-0.3, -0.25) is 0 Å². The fraction of sp³-hybridized carbons (Fsp3) is 0.125. The van der Waals surface area contributed by atoms with E-state index in [1.807, 2.05) is 0 Å². The summed E-state index contributed by atoms with van der Waals surface area (Å²) in [5.41, 5.74) is 14.5. The van der Waals surface area contributed by atoms with Gasteiger partial charge in [0.15, 0.2) is 5.15 Å². The second-order valence-electron chi connectivity index (χ2n) is 2.29. The number of rotatable bonds is 1. The summed E-state index contributed by atoms with van der Waals surface area (Å²) in [6, 6.07) is 1.61. The lowest BCUT2D eigenvalue weighted by molar-refractivity contribution is 1.25. The fourth-order valence-corrected chi connectivity index (χ4v) is 0.845. The van der Waals surface area contributed by atoms with E-state index < -0.39 is 0 Å². The second-order valence-corrected chi connectivity index (χ2v) is 2.65. The smallest absolute Gasteiger partial charge is 0.151 e. The number of azide groups is 1. The number of nitrogens with two attached hydrogens (primary N) is 1. The van der Waals surface area contributed by atoms with Gasteiger partial charge >= 0.3 is 0 Å². The first-order valence-corrected chi connectivity index (χ1v) is 4.02. The number of pyridine rings is 1. The summed E-state index contributed by atoms with van der Waals surface area (Å²) in [6.07, 6.45) is 1.50. The van der Waals surface area contributed by atoms with Crippen LogP contribution in [-0.2, 0) is 0 Å². The maximum atomic E-state index is 7.98. The summed E-state index contributed by atoms with van der Waals surface area (Å²) in [5, 5.41) is 3.51. The largest absolute Gasteiger partial charge is 0.396 e. The number of aromatic nitrogens is 1. The van der Waals surface area contributed by atoms with Crippen molar-refractivity contribution in [2.75, 3.05) is 12.3 Å². The van der Waals surface area contributed by atoms with Crippen molar-refractivity contribution in [3.63, 3.8) is 0 Å². The van der Waals surface area contributed by atoms with Crippen LogP contribution in [0.2, 0.25) is 5.15 Å². The summed E-state index contributed by atoms with van der Waals surface area (Å²) in [4.78, 5) is 6.37. The lowest BCUT2D eigenvalue weighted by atomic mass is 10.3. The molecular weight excluding hydrogens is 202 g/mol. The third-order valence-corrected chi connectivity index (χ3v) is 1.63. The molecule has 0 amide bonds. The number of hydrogen-bond acceptors (Lipinski definition) is 3. The third-order valence-electron chi connectivity index (χ3n) is 1.31. The predicted molar refractivity (Wildman–Crippen MR) is 54.6 cm³/mol. The molecule has 0 unspecified atom stereocenters. The van der Waals surface area contributed by atoms with Crippen LogP contribution in [0.15, 0.2) is 17.4 Å². The molecule has 1 heterocycles. The predicted octanol–water partition coefficient (Wildman–Crippen LogP) is 1.98. The number of nitrogen functional groups attached to an aromatic ring is 1. The Morgan fingerprint density at radius 2 is 2.50 bits per heavy atom. The average molecular weight is 208 g/mol. The van der Waals surface area contributed by atoms with E-state index in [2.05, 4.69) is 26.9 Å². The highest BCUT2D eigenvalue weighted by molar-refractivity contribution is 6.31. The van der Waals surface area contributed by atoms with Crippen LogP contribution in [0, 0.1) is 11.8 Å². The zero-order valence-corrected chi connectivity index (χ0v) is 7.86. The Balaban J connectivity index is 2.80. The molecule has 0 saturated carbocycles. The van der Waals surface area contributed by atoms with E-state index in [1.54, 1.807) is 6.07 Å². The maximum absolute atomic E-state index is 7.98. The van der Waals surface area contributed by atoms with Crippen molar-refractivity contribution in [3.8, 4) is 11.8 Å². The molecule has 0 radical (unpaired) electrons. The lowest BCUT2D eigenvalue weighted by Gasteiger charge is -1.95. The number of anilines is 1. The molecule has 14 heavy (non-hydrogen) atoms. The molecule has 0 aliphatic heterocycles. The monoisotopic (exact) mass is 207 g/mol. The van der Waals surface area contributed by atoms with Crippen LogP contribution < -0.4 is 5.73 Å². The normalized spacial score (nSPS) is 8.36. The molecule has 1 aromatic rings. The Morgan fingerprint density at radius 3 is 3.14 bits per heavy atom. The van der Waals surface area contributed by atoms with Gasteiger partial charge < -0.3 is 5.73 Å². The summed E-state index contributed by atoms with van der Waals surface area (Å²) in [6.45, 7) is 0.124. The molecule has 0 fully saturated rings. The molecule has 5 nitrogen and oxygen atoms in total. The van der Waals surface area contributed by atoms with Crippen molar-refractivity contribution < 1.29 is 0 Å². The lowest BCUT2D eigenvalue weighted by Crippen LogP contribution is -1.90. The molecule has 1 aromatic heterocycles. The summed E-state index contributed by atoms with van der Waals surface area (Å²) >= 11 is 5.61. The van der Waals surface area contributed by atoms with Gasteiger partial charge in [-0.1, -0.05) is 28.6 Å². The summed E-state index contributed by atoms with van der Waals surface area (Å²) in [7, 11) is 0. The molecule has 0 aliphatic carbocycles. The van der Waals surface area contributed by atoms with E-state index in [0.29, 0.717) is 11.3 Å². The standard InChI is InChI=1S/C8H6ClN5/c9-8-7(10)4-6(5-12-8)2-1-3-13-14-11/h4-5H,3,10H2. The maximum Gasteiger partial charge on any atom is 0.151 e. The molecule has 0 aromatic carbocycles. The molecule has 0 atom stereocenters. The highest BCUT2D eigenvalue weighted by Crippen LogP contribution is 2.15. The van der Waals surface area contributed by atoms with Crippen LogP contribution in [-0.4, -0.2) is 11.5 Å². The zero-order chi connectivity index (χ0) is 10.4. The van der Waals surface area contributed by atoms with E-state index in [1.165, 1.54) is 6.20 Å². The zero-order valence-electron chi connectivity index (χ0n) is 7.11. The topological polar surface area (TPSA) is 87.7 Å². The van der Waals surface area contributed by atoms with Crippen LogP contribution in [0.4, 0.5) is 5.69 Å². The Labute approximate surface area is 85.5 Å². The Bertz CT molecular complexity index is 439. The third kappa shape index (κ3) is 2.87. The Morgan fingerprint density at radius 1 is 1.71 bits per heavy atom. The first-order chi connectivity index (χ1) is 6.74. The molecule has 2 N–H and O–H groups in total. The van der Waals surface area contributed by atoms with Gasteiger partial charge in [0.2, 0.25) is 0 Å². The van der Waals surface area contributed by atoms with Gasteiger partial charge in [-0.2, -0.15) is 0 Å². The Hall–Kier alpha value is -1.89. The van der Waals surface area contributed by atoms with Crippen molar-refractivity contribution in [1.29, 1.82) is 0 Å². The van der Waals surface area contributed by atoms with E-state index in [4.69, 9.17) is 22.9 Å². The van der Waals surface area contributed by atoms with Gasteiger partial charge in [-0.25, -0.2) is 4.98 Å². The number of nitrogens with zero attached hydrogens (tertiary/aromatic N) is 4. The van der Waals surface area contributed by atoms with Gasteiger partial charge in [0.05, 0.1) is 12.2 Å². The molecule has 0 spiro atoms. The second kappa shape index (κ2) is 4.97. The molecular formula is C8H6ClN5. The van der Waals surface area contributed by atoms with Crippen molar-refractivity contribution in [2.24, 2.45) is 5.11 Å². The number of hydrogen-bond donors (Lipinski definition) is 1. The molecule has 0 bridgehead atoms. The highest BCUT2D eigenvalue weighted by atomic mass is 35.5. The minimum absolute atomic E-state index is 0.124. The fourth-order valence-electron chi connectivity index (χ4n) is 0.742. The van der Waals surface area contributed by atoms with Gasteiger partial charge in [0.1, 0.15) is 0 Å². The van der Waals surface area contributed by atoms with Crippen LogP contribution in [0.3, 0.4) is 0 Å². The van der Waals surface area contributed by atoms with Crippen molar-refractivity contribution >= 4 is 17.3 Å². The molecule has 70 valence electrons. The van der Waals surface area contributed by atoms with Crippen molar-refractivity contribution in [3.05, 3.63) is 33.4 Å². The van der Waals surface area contributed by atoms with Crippen molar-refractivity contribution in [2.45, 2.75) is 0 Å². The molecule has 0 aliphatic rings. The van der Waals surface area contributed by atoms with E-state index >= 15 is 0 Å². The summed E-state index contributed by atoms with van der Waals surface area (Å²) < 4.78 is 0. The van der Waals surface area contributed by atoms with Crippen LogP contribution in [0.5, 0.6) is 0 Å². The van der Waals surface area contributed by atoms with E-state index in [9.17, 15) is 0 Å². The van der Waals surface area contributed by atoms with Gasteiger partial charge in [-0.05, 0) is 11.6 Å². The van der Waals surface area contributed by atoms with Crippen LogP contribution in [0.25, 0.3) is 10.4 Å². The van der Waals surface area contributed by atoms with Gasteiger partial charge in [-0.15, -0.1) is 0 Å². The average Bonchev–Trinajstić information content (AvgIpc) is 2.18. The van der Waals surface area contributed by atoms with Gasteiger partial charge in [0, 0.05) is 16.7 Å². The SMILES string of the molecule is [N-]=[N+]=NCC#Cc1cnc(Cl)c(N)c1. The number of halogens is 1. The summed E-state index contributed by atoms with van der Waals surface area (Å²) in [5.74, 6) is 5.37. The van der Waals surface area contributed by atoms with Crippen molar-refractivity contribution in [1.82, 2.24) is 4.98 Å². The minimum Gasteiger partial charge on any atom is -0.396 e. The molecule has 1 rings (SSSR count). The van der Waals surface area contributed by atoms with E-state index in [-0.39, 0.29) is 11.7 Å². The van der Waals surface area contributed by atoms with Gasteiger partial charge in [0.25, 0.3) is 0 Å².